The Labute approximate surface area is 203 Å². The van der Waals surface area contributed by atoms with Gasteiger partial charge in [0.25, 0.3) is 5.91 Å². The van der Waals surface area contributed by atoms with E-state index < -0.39 is 0 Å². The molecule has 182 valence electrons. The molecule has 0 bridgehead atoms. The van der Waals surface area contributed by atoms with E-state index in [9.17, 15) is 9.59 Å². The van der Waals surface area contributed by atoms with E-state index in [2.05, 4.69) is 28.6 Å². The standard InChI is InChI=1S/C28H38N4O2/c1-31(26-15-6-3-7-16-26)19-17-29-27(33)23-11-8-10-22(20-23)24-12-9-18-32(21-24)28(34)30-25-13-4-2-5-14-25/h2,4-5,8,10-11,13-14,20,24,26H,3,6-7,9,12,15-19,21H2,1H3,(H,29,33)(H,30,34)/t24-/m1/s1. The maximum absolute atomic E-state index is 12.8. The minimum Gasteiger partial charge on any atom is -0.351 e. The first kappa shape index (κ1) is 24.3. The van der Waals surface area contributed by atoms with Crippen LogP contribution >= 0.6 is 0 Å². The van der Waals surface area contributed by atoms with Crippen LogP contribution in [0.5, 0.6) is 0 Å². The van der Waals surface area contributed by atoms with Crippen LogP contribution in [0.3, 0.4) is 0 Å². The van der Waals surface area contributed by atoms with Crippen molar-refractivity contribution in [2.45, 2.75) is 56.9 Å². The molecule has 0 unspecified atom stereocenters. The second-order valence-corrected chi connectivity index (χ2v) is 9.74. The smallest absolute Gasteiger partial charge is 0.321 e. The van der Waals surface area contributed by atoms with E-state index in [1.54, 1.807) is 0 Å². The molecule has 2 aromatic carbocycles. The average molecular weight is 463 g/mol. The number of piperidine rings is 1. The van der Waals surface area contributed by atoms with Crippen molar-refractivity contribution in [3.8, 4) is 0 Å². The normalized spacial score (nSPS) is 19.1. The number of likely N-dealkylation sites (tertiary alicyclic amines) is 1. The molecule has 3 amide bonds. The predicted octanol–water partition coefficient (Wildman–Crippen LogP) is 5.09. The molecule has 0 spiro atoms. The summed E-state index contributed by atoms with van der Waals surface area (Å²) in [6.45, 7) is 2.96. The number of nitrogens with one attached hydrogen (secondary N) is 2. The molecule has 4 rings (SSSR count). The molecule has 6 heteroatoms. The third-order valence-corrected chi connectivity index (χ3v) is 7.30. The number of carbonyl (C=O) groups is 2. The van der Waals surface area contributed by atoms with Crippen LogP contribution in [0, 0.1) is 0 Å². The minimum absolute atomic E-state index is 0.0200. The fourth-order valence-corrected chi connectivity index (χ4v) is 5.24. The molecule has 1 aliphatic heterocycles. The fraction of sp³-hybridized carbons (Fsp3) is 0.500. The first-order chi connectivity index (χ1) is 16.6. The molecule has 1 atom stereocenters. The van der Waals surface area contributed by atoms with Gasteiger partial charge in [0.1, 0.15) is 0 Å². The van der Waals surface area contributed by atoms with Crippen LogP contribution in [0.1, 0.15) is 66.8 Å². The zero-order chi connectivity index (χ0) is 23.8. The number of nitrogens with zero attached hydrogens (tertiary/aromatic N) is 2. The lowest BCUT2D eigenvalue weighted by Gasteiger charge is -2.33. The molecule has 0 aromatic heterocycles. The summed E-state index contributed by atoms with van der Waals surface area (Å²) in [5.41, 5.74) is 2.63. The molecule has 2 aliphatic rings. The largest absolute Gasteiger partial charge is 0.351 e. The summed E-state index contributed by atoms with van der Waals surface area (Å²) in [7, 11) is 2.17. The Morgan fingerprint density at radius 1 is 0.971 bits per heavy atom. The fourth-order valence-electron chi connectivity index (χ4n) is 5.24. The predicted molar refractivity (Wildman–Crippen MR) is 137 cm³/mol. The van der Waals surface area contributed by atoms with Crippen molar-refractivity contribution < 1.29 is 9.59 Å². The Morgan fingerprint density at radius 2 is 1.76 bits per heavy atom. The number of benzene rings is 2. The van der Waals surface area contributed by atoms with Crippen LogP contribution in [-0.4, -0.2) is 61.0 Å². The van der Waals surface area contributed by atoms with Crippen LogP contribution in [0.4, 0.5) is 10.5 Å². The number of carbonyl (C=O) groups excluding carboxylic acids is 2. The van der Waals surface area contributed by atoms with Crippen LogP contribution in [0.25, 0.3) is 0 Å². The van der Waals surface area contributed by atoms with Gasteiger partial charge < -0.3 is 20.4 Å². The van der Waals surface area contributed by atoms with Crippen molar-refractivity contribution >= 4 is 17.6 Å². The number of hydrogen-bond acceptors (Lipinski definition) is 3. The molecule has 0 radical (unpaired) electrons. The molecule has 1 heterocycles. The van der Waals surface area contributed by atoms with E-state index in [4.69, 9.17) is 0 Å². The average Bonchev–Trinajstić information content (AvgIpc) is 2.90. The summed E-state index contributed by atoms with van der Waals surface area (Å²) in [5.74, 6) is 0.217. The van der Waals surface area contributed by atoms with Gasteiger partial charge in [0.2, 0.25) is 0 Å². The van der Waals surface area contributed by atoms with E-state index in [1.165, 1.54) is 32.1 Å². The molecular formula is C28H38N4O2. The maximum Gasteiger partial charge on any atom is 0.321 e. The van der Waals surface area contributed by atoms with E-state index in [0.717, 1.165) is 37.2 Å². The number of hydrogen-bond donors (Lipinski definition) is 2. The van der Waals surface area contributed by atoms with Crippen molar-refractivity contribution in [2.75, 3.05) is 38.5 Å². The molecule has 1 saturated carbocycles. The number of amides is 3. The highest BCUT2D eigenvalue weighted by molar-refractivity contribution is 5.94. The molecule has 1 aliphatic carbocycles. The number of rotatable bonds is 7. The molecule has 2 N–H and O–H groups in total. The lowest BCUT2D eigenvalue weighted by molar-refractivity contribution is 0.0944. The SMILES string of the molecule is CN(CCNC(=O)c1cccc([C@@H]2CCCN(C(=O)Nc3ccccc3)C2)c1)C1CCCCC1. The monoisotopic (exact) mass is 462 g/mol. The Morgan fingerprint density at radius 3 is 2.56 bits per heavy atom. The van der Waals surface area contributed by atoms with Gasteiger partial charge >= 0.3 is 6.03 Å². The Balaban J connectivity index is 1.29. The summed E-state index contributed by atoms with van der Waals surface area (Å²) in [5, 5.41) is 6.09. The second-order valence-electron chi connectivity index (χ2n) is 9.74. The highest BCUT2D eigenvalue weighted by atomic mass is 16.2. The molecule has 2 aromatic rings. The summed E-state index contributed by atoms with van der Waals surface area (Å²) in [6, 6.07) is 18.1. The summed E-state index contributed by atoms with van der Waals surface area (Å²) >= 11 is 0. The lowest BCUT2D eigenvalue weighted by Crippen LogP contribution is -2.41. The third kappa shape index (κ3) is 6.60. The van der Waals surface area contributed by atoms with E-state index in [0.29, 0.717) is 24.7 Å². The van der Waals surface area contributed by atoms with Gasteiger partial charge in [0.15, 0.2) is 0 Å². The summed E-state index contributed by atoms with van der Waals surface area (Å²) < 4.78 is 0. The van der Waals surface area contributed by atoms with Gasteiger partial charge in [-0.15, -0.1) is 0 Å². The van der Waals surface area contributed by atoms with Crippen molar-refractivity contribution in [1.82, 2.24) is 15.1 Å². The van der Waals surface area contributed by atoms with Crippen molar-refractivity contribution in [2.24, 2.45) is 0 Å². The van der Waals surface area contributed by atoms with Gasteiger partial charge in [-0.2, -0.15) is 0 Å². The Hall–Kier alpha value is -2.86. The second kappa shape index (κ2) is 12.0. The van der Waals surface area contributed by atoms with E-state index >= 15 is 0 Å². The van der Waals surface area contributed by atoms with Gasteiger partial charge in [-0.05, 0) is 62.6 Å². The minimum atomic E-state index is -0.0631. The topological polar surface area (TPSA) is 64.7 Å². The van der Waals surface area contributed by atoms with E-state index in [-0.39, 0.29) is 17.9 Å². The third-order valence-electron chi connectivity index (χ3n) is 7.30. The van der Waals surface area contributed by atoms with Crippen LogP contribution in [-0.2, 0) is 0 Å². The van der Waals surface area contributed by atoms with Gasteiger partial charge in [0, 0.05) is 49.4 Å². The molecule has 1 saturated heterocycles. The van der Waals surface area contributed by atoms with Gasteiger partial charge in [-0.25, -0.2) is 4.79 Å². The highest BCUT2D eigenvalue weighted by Gasteiger charge is 2.25. The number of anilines is 1. The first-order valence-electron chi connectivity index (χ1n) is 12.8. The van der Waals surface area contributed by atoms with E-state index in [1.807, 2.05) is 53.4 Å². The number of likely N-dealkylation sites (N-methyl/N-ethyl adjacent to an activating group) is 1. The zero-order valence-corrected chi connectivity index (χ0v) is 20.3. The first-order valence-corrected chi connectivity index (χ1v) is 12.8. The van der Waals surface area contributed by atoms with Crippen molar-refractivity contribution in [3.63, 3.8) is 0 Å². The quantitative estimate of drug-likeness (QED) is 0.602. The Bertz CT molecular complexity index is 942. The summed E-state index contributed by atoms with van der Waals surface area (Å²) in [6.07, 6.45) is 8.51. The lowest BCUT2D eigenvalue weighted by atomic mass is 9.89. The van der Waals surface area contributed by atoms with Crippen LogP contribution < -0.4 is 10.6 Å². The maximum atomic E-state index is 12.8. The van der Waals surface area contributed by atoms with Crippen molar-refractivity contribution in [1.29, 1.82) is 0 Å². The van der Waals surface area contributed by atoms with Crippen LogP contribution in [0.15, 0.2) is 54.6 Å². The molecular weight excluding hydrogens is 424 g/mol. The van der Waals surface area contributed by atoms with Gasteiger partial charge in [-0.1, -0.05) is 49.6 Å². The Kier molecular flexibility index (Phi) is 8.58. The van der Waals surface area contributed by atoms with Gasteiger partial charge in [-0.3, -0.25) is 4.79 Å². The van der Waals surface area contributed by atoms with Crippen LogP contribution in [0.2, 0.25) is 0 Å². The number of para-hydroxylation sites is 1. The van der Waals surface area contributed by atoms with Crippen molar-refractivity contribution in [3.05, 3.63) is 65.7 Å². The molecule has 6 nitrogen and oxygen atoms in total. The highest BCUT2D eigenvalue weighted by Crippen LogP contribution is 2.28. The molecule has 2 fully saturated rings. The van der Waals surface area contributed by atoms with Gasteiger partial charge in [0.05, 0.1) is 0 Å². The number of urea groups is 1. The summed E-state index contributed by atoms with van der Waals surface area (Å²) in [4.78, 5) is 29.8. The molecule has 34 heavy (non-hydrogen) atoms. The zero-order valence-electron chi connectivity index (χ0n) is 20.3.